The average molecular weight is 303 g/mol. The molecule has 0 N–H and O–H groups in total. The van der Waals surface area contributed by atoms with Crippen molar-refractivity contribution >= 4 is 5.97 Å². The topological polar surface area (TPSA) is 29.5 Å². The van der Waals surface area contributed by atoms with Gasteiger partial charge in [-0.2, -0.15) is 0 Å². The fourth-order valence-corrected chi connectivity index (χ4v) is 3.04. The highest BCUT2D eigenvalue weighted by molar-refractivity contribution is 5.69. The Morgan fingerprint density at radius 3 is 2.27 bits per heavy atom. The first kappa shape index (κ1) is 17.0. The van der Waals surface area contributed by atoms with E-state index in [0.29, 0.717) is 12.3 Å². The molecule has 0 atom stereocenters. The third-order valence-corrected chi connectivity index (χ3v) is 4.62. The van der Waals surface area contributed by atoms with E-state index in [1.807, 2.05) is 0 Å². The van der Waals surface area contributed by atoms with E-state index < -0.39 is 0 Å². The monoisotopic (exact) mass is 303 g/mol. The van der Waals surface area contributed by atoms with Crippen molar-refractivity contribution in [1.82, 2.24) is 4.90 Å². The van der Waals surface area contributed by atoms with Crippen LogP contribution in [0.5, 0.6) is 0 Å². The smallest absolute Gasteiger partial charge is 0.305 e. The summed E-state index contributed by atoms with van der Waals surface area (Å²) in [6.45, 7) is 9.89. The first-order valence-electron chi connectivity index (χ1n) is 8.27. The van der Waals surface area contributed by atoms with Crippen LogP contribution in [-0.2, 0) is 21.5 Å². The molecule has 1 aromatic carbocycles. The highest BCUT2D eigenvalue weighted by atomic mass is 16.5. The van der Waals surface area contributed by atoms with Gasteiger partial charge in [0.1, 0.15) is 0 Å². The Labute approximate surface area is 134 Å². The second-order valence-corrected chi connectivity index (χ2v) is 7.45. The number of likely N-dealkylation sites (tertiary alicyclic amines) is 1. The van der Waals surface area contributed by atoms with Gasteiger partial charge in [-0.3, -0.25) is 9.69 Å². The molecular weight excluding hydrogens is 274 g/mol. The second kappa shape index (κ2) is 7.28. The van der Waals surface area contributed by atoms with Crippen molar-refractivity contribution in [1.29, 1.82) is 0 Å². The Bertz CT molecular complexity index is 479. The summed E-state index contributed by atoms with van der Waals surface area (Å²) in [5.74, 6) is 0.420. The van der Waals surface area contributed by atoms with Crippen LogP contribution in [0, 0.1) is 5.92 Å². The van der Waals surface area contributed by atoms with Crippen molar-refractivity contribution in [2.24, 2.45) is 5.92 Å². The Morgan fingerprint density at radius 2 is 1.77 bits per heavy atom. The van der Waals surface area contributed by atoms with Crippen LogP contribution in [0.4, 0.5) is 0 Å². The molecule has 0 amide bonds. The fourth-order valence-electron chi connectivity index (χ4n) is 3.04. The van der Waals surface area contributed by atoms with Gasteiger partial charge in [-0.05, 0) is 48.4 Å². The zero-order valence-electron chi connectivity index (χ0n) is 14.4. The van der Waals surface area contributed by atoms with Crippen LogP contribution in [0.25, 0.3) is 0 Å². The minimum atomic E-state index is -0.0729. The van der Waals surface area contributed by atoms with Gasteiger partial charge in [-0.15, -0.1) is 0 Å². The van der Waals surface area contributed by atoms with Crippen LogP contribution in [0.15, 0.2) is 24.3 Å². The van der Waals surface area contributed by atoms with Crippen LogP contribution in [0.1, 0.15) is 51.2 Å². The van der Waals surface area contributed by atoms with Crippen molar-refractivity contribution in [3.05, 3.63) is 35.4 Å². The number of nitrogens with zero attached hydrogens (tertiary/aromatic N) is 1. The zero-order chi connectivity index (χ0) is 16.2. The van der Waals surface area contributed by atoms with Crippen LogP contribution in [-0.4, -0.2) is 31.1 Å². The van der Waals surface area contributed by atoms with Gasteiger partial charge in [0.25, 0.3) is 0 Å². The second-order valence-electron chi connectivity index (χ2n) is 7.45. The Hall–Kier alpha value is -1.35. The van der Waals surface area contributed by atoms with Crippen molar-refractivity contribution in [3.63, 3.8) is 0 Å². The molecule has 0 bridgehead atoms. The summed E-state index contributed by atoms with van der Waals surface area (Å²) in [6.07, 6.45) is 2.76. The number of carbonyl (C=O) groups excluding carboxylic acids is 1. The molecule has 1 saturated heterocycles. The van der Waals surface area contributed by atoms with Gasteiger partial charge in [0.15, 0.2) is 0 Å². The van der Waals surface area contributed by atoms with E-state index in [1.54, 1.807) is 0 Å². The summed E-state index contributed by atoms with van der Waals surface area (Å²) < 4.78 is 4.76. The molecule has 1 aliphatic heterocycles. The number of hydrogen-bond acceptors (Lipinski definition) is 3. The minimum absolute atomic E-state index is 0.0729. The number of hydrogen-bond donors (Lipinski definition) is 0. The molecule has 3 nitrogen and oxygen atoms in total. The Kier molecular flexibility index (Phi) is 5.63. The number of rotatable bonds is 4. The number of carbonyl (C=O) groups is 1. The third-order valence-electron chi connectivity index (χ3n) is 4.62. The van der Waals surface area contributed by atoms with E-state index in [0.717, 1.165) is 32.5 Å². The van der Waals surface area contributed by atoms with Crippen molar-refractivity contribution in [3.8, 4) is 0 Å². The zero-order valence-corrected chi connectivity index (χ0v) is 14.4. The molecule has 0 unspecified atom stereocenters. The van der Waals surface area contributed by atoms with Gasteiger partial charge in [0, 0.05) is 13.0 Å². The summed E-state index contributed by atoms with van der Waals surface area (Å²) in [6, 6.07) is 9.00. The van der Waals surface area contributed by atoms with Crippen LogP contribution in [0.3, 0.4) is 0 Å². The molecule has 1 heterocycles. The first-order valence-corrected chi connectivity index (χ1v) is 8.27. The molecule has 0 radical (unpaired) electrons. The quantitative estimate of drug-likeness (QED) is 0.793. The maximum atomic E-state index is 11.3. The molecule has 0 saturated carbocycles. The van der Waals surface area contributed by atoms with E-state index >= 15 is 0 Å². The third kappa shape index (κ3) is 4.84. The molecule has 1 aliphatic rings. The van der Waals surface area contributed by atoms with Gasteiger partial charge in [-0.25, -0.2) is 0 Å². The lowest BCUT2D eigenvalue weighted by Crippen LogP contribution is -2.34. The minimum Gasteiger partial charge on any atom is -0.469 e. The van der Waals surface area contributed by atoms with Crippen LogP contribution in [0.2, 0.25) is 0 Å². The van der Waals surface area contributed by atoms with Gasteiger partial charge in [0.05, 0.1) is 7.11 Å². The lowest BCUT2D eigenvalue weighted by Gasteiger charge is -2.31. The summed E-state index contributed by atoms with van der Waals surface area (Å²) in [5.41, 5.74) is 2.97. The lowest BCUT2D eigenvalue weighted by atomic mass is 9.86. The van der Waals surface area contributed by atoms with Gasteiger partial charge < -0.3 is 4.74 Å². The molecular formula is C19H29NO2. The molecule has 2 rings (SSSR count). The first-order chi connectivity index (χ1) is 10.4. The van der Waals surface area contributed by atoms with Crippen LogP contribution >= 0.6 is 0 Å². The number of benzene rings is 1. The number of ether oxygens (including phenoxy) is 1. The Morgan fingerprint density at radius 1 is 1.18 bits per heavy atom. The SMILES string of the molecule is COC(=O)CC1CCN(Cc2ccc(C(C)(C)C)cc2)CC1. The van der Waals surface area contributed by atoms with Crippen molar-refractivity contribution < 1.29 is 9.53 Å². The highest BCUT2D eigenvalue weighted by Gasteiger charge is 2.22. The van der Waals surface area contributed by atoms with Gasteiger partial charge in [-0.1, -0.05) is 45.0 Å². The highest BCUT2D eigenvalue weighted by Crippen LogP contribution is 2.24. The largest absolute Gasteiger partial charge is 0.469 e. The lowest BCUT2D eigenvalue weighted by molar-refractivity contribution is -0.142. The molecule has 122 valence electrons. The summed E-state index contributed by atoms with van der Waals surface area (Å²) in [5, 5.41) is 0. The molecule has 1 fully saturated rings. The number of piperidine rings is 1. The summed E-state index contributed by atoms with van der Waals surface area (Å²) >= 11 is 0. The molecule has 0 aromatic heterocycles. The summed E-state index contributed by atoms with van der Waals surface area (Å²) in [7, 11) is 1.47. The predicted octanol–water partition coefficient (Wildman–Crippen LogP) is 3.76. The van der Waals surface area contributed by atoms with E-state index in [2.05, 4.69) is 49.9 Å². The maximum Gasteiger partial charge on any atom is 0.305 e. The normalized spacial score (nSPS) is 17.5. The van der Waals surface area contributed by atoms with E-state index in [4.69, 9.17) is 4.74 Å². The standard InChI is InChI=1S/C19H29NO2/c1-19(2,3)17-7-5-16(6-8-17)14-20-11-9-15(10-12-20)13-18(21)22-4/h5-8,15H,9-14H2,1-4H3. The molecule has 22 heavy (non-hydrogen) atoms. The van der Waals surface area contributed by atoms with Crippen molar-refractivity contribution in [2.45, 2.75) is 52.0 Å². The van der Waals surface area contributed by atoms with E-state index in [9.17, 15) is 4.79 Å². The van der Waals surface area contributed by atoms with E-state index in [1.165, 1.54) is 18.2 Å². The van der Waals surface area contributed by atoms with Gasteiger partial charge >= 0.3 is 5.97 Å². The summed E-state index contributed by atoms with van der Waals surface area (Å²) in [4.78, 5) is 13.8. The number of methoxy groups -OCH3 is 1. The fraction of sp³-hybridized carbons (Fsp3) is 0.632. The maximum absolute atomic E-state index is 11.3. The van der Waals surface area contributed by atoms with E-state index in [-0.39, 0.29) is 11.4 Å². The van der Waals surface area contributed by atoms with Crippen molar-refractivity contribution in [2.75, 3.05) is 20.2 Å². The molecule has 1 aromatic rings. The van der Waals surface area contributed by atoms with Gasteiger partial charge in [0.2, 0.25) is 0 Å². The molecule has 0 aliphatic carbocycles. The molecule has 0 spiro atoms. The number of esters is 1. The van der Waals surface area contributed by atoms with Crippen LogP contribution < -0.4 is 0 Å². The predicted molar refractivity (Wildman–Crippen MR) is 89.8 cm³/mol. The Balaban J connectivity index is 1.82. The molecule has 3 heteroatoms. The average Bonchev–Trinajstić information content (AvgIpc) is 2.49.